The molecule has 7 heteroatoms. The average Bonchev–Trinajstić information content (AvgIpc) is 3.30. The highest BCUT2D eigenvalue weighted by molar-refractivity contribution is 7.18. The van der Waals surface area contributed by atoms with Gasteiger partial charge < -0.3 is 19.7 Å². The zero-order valence-electron chi connectivity index (χ0n) is 19.0. The van der Waals surface area contributed by atoms with Crippen LogP contribution in [0.4, 0.5) is 10.7 Å². The monoisotopic (exact) mass is 471 g/mol. The van der Waals surface area contributed by atoms with E-state index in [2.05, 4.69) is 34.3 Å². The molecule has 5 rings (SSSR count). The number of nitrogens with one attached hydrogen (secondary N) is 1. The van der Waals surface area contributed by atoms with Gasteiger partial charge in [-0.25, -0.2) is 4.98 Å². The van der Waals surface area contributed by atoms with Gasteiger partial charge in [-0.05, 0) is 41.8 Å². The lowest BCUT2D eigenvalue weighted by Gasteiger charge is -2.21. The molecule has 1 N–H and O–H groups in total. The first-order valence-corrected chi connectivity index (χ1v) is 11.9. The van der Waals surface area contributed by atoms with Crippen molar-refractivity contribution in [3.05, 3.63) is 95.0 Å². The number of aromatic nitrogens is 1. The van der Waals surface area contributed by atoms with E-state index in [0.717, 1.165) is 16.3 Å². The van der Waals surface area contributed by atoms with Crippen LogP contribution in [0.25, 0.3) is 0 Å². The van der Waals surface area contributed by atoms with Crippen LogP contribution in [0.15, 0.2) is 79.0 Å². The largest absolute Gasteiger partial charge is 0.493 e. The summed E-state index contributed by atoms with van der Waals surface area (Å²) >= 11 is 1.45. The van der Waals surface area contributed by atoms with Gasteiger partial charge in [0.2, 0.25) is 5.88 Å². The number of benzene rings is 2. The van der Waals surface area contributed by atoms with Crippen molar-refractivity contribution in [2.45, 2.75) is 19.4 Å². The summed E-state index contributed by atoms with van der Waals surface area (Å²) in [5, 5.41) is 4.01. The number of carbonyl (C=O) groups is 1. The summed E-state index contributed by atoms with van der Waals surface area (Å²) in [5.74, 6) is 1.99. The Bertz CT molecular complexity index is 1310. The Labute approximate surface area is 202 Å². The van der Waals surface area contributed by atoms with E-state index in [9.17, 15) is 4.79 Å². The summed E-state index contributed by atoms with van der Waals surface area (Å²) in [6, 6.07) is 23.7. The quantitative estimate of drug-likeness (QED) is 0.367. The Morgan fingerprint density at radius 1 is 1.12 bits per heavy atom. The molecule has 0 saturated carbocycles. The van der Waals surface area contributed by atoms with Crippen LogP contribution in [-0.2, 0) is 6.54 Å². The van der Waals surface area contributed by atoms with Crippen LogP contribution in [0.3, 0.4) is 0 Å². The predicted molar refractivity (Wildman–Crippen MR) is 135 cm³/mol. The smallest absolute Gasteiger partial charge is 0.261 e. The molecule has 2 aromatic heterocycles. The first-order chi connectivity index (χ1) is 16.6. The number of amides is 1. The van der Waals surface area contributed by atoms with Crippen LogP contribution < -0.4 is 19.7 Å². The molecular weight excluding hydrogens is 446 g/mol. The van der Waals surface area contributed by atoms with E-state index in [0.29, 0.717) is 35.3 Å². The Morgan fingerprint density at radius 2 is 1.97 bits per heavy atom. The summed E-state index contributed by atoms with van der Waals surface area (Å²) in [4.78, 5) is 20.1. The minimum Gasteiger partial charge on any atom is -0.493 e. The molecule has 0 bridgehead atoms. The zero-order valence-corrected chi connectivity index (χ0v) is 19.8. The third-order valence-corrected chi connectivity index (χ3v) is 6.98. The van der Waals surface area contributed by atoms with Gasteiger partial charge in [0.15, 0.2) is 11.5 Å². The molecule has 1 aliphatic heterocycles. The van der Waals surface area contributed by atoms with E-state index in [1.54, 1.807) is 13.3 Å². The molecule has 4 aromatic rings. The molecule has 1 aliphatic rings. The van der Waals surface area contributed by atoms with Gasteiger partial charge in [0.1, 0.15) is 5.69 Å². The highest BCUT2D eigenvalue weighted by Crippen LogP contribution is 2.46. The molecule has 0 fully saturated rings. The van der Waals surface area contributed by atoms with Gasteiger partial charge in [-0.1, -0.05) is 49.4 Å². The van der Waals surface area contributed by atoms with E-state index in [1.165, 1.54) is 16.9 Å². The lowest BCUT2D eigenvalue weighted by molar-refractivity contribution is 0.0955. The standard InChI is InChI=1S/C27H25N3O3S/c1-18(19-8-4-3-5-9-19)16-29-26(31)23-13-14-24(34-23)30-17-20-10-6-12-22(32-2)25(20)33-27-21(30)11-7-15-28-27/h3-15,18H,16-17H2,1-2H3,(H,29,31)/t18-/m0/s1. The third-order valence-electron chi connectivity index (χ3n) is 5.87. The Hall–Kier alpha value is -3.84. The van der Waals surface area contributed by atoms with Crippen molar-refractivity contribution < 1.29 is 14.3 Å². The highest BCUT2D eigenvalue weighted by atomic mass is 32.1. The Kier molecular flexibility index (Phi) is 6.18. The van der Waals surface area contributed by atoms with Crippen molar-refractivity contribution in [3.8, 4) is 17.4 Å². The number of pyridine rings is 1. The second-order valence-corrected chi connectivity index (χ2v) is 9.19. The van der Waals surface area contributed by atoms with Gasteiger partial charge in [0, 0.05) is 18.3 Å². The molecule has 2 aromatic carbocycles. The van der Waals surface area contributed by atoms with E-state index in [1.807, 2.05) is 60.7 Å². The lowest BCUT2D eigenvalue weighted by Crippen LogP contribution is -2.26. The molecular formula is C27H25N3O3S. The molecule has 0 unspecified atom stereocenters. The van der Waals surface area contributed by atoms with Crippen LogP contribution in [0.1, 0.15) is 33.6 Å². The van der Waals surface area contributed by atoms with Gasteiger partial charge in [0.05, 0.1) is 23.5 Å². The van der Waals surface area contributed by atoms with Crippen molar-refractivity contribution in [3.63, 3.8) is 0 Å². The summed E-state index contributed by atoms with van der Waals surface area (Å²) in [6.07, 6.45) is 1.71. The van der Waals surface area contributed by atoms with Crippen LogP contribution in [0, 0.1) is 0 Å². The molecule has 0 aliphatic carbocycles. The maximum Gasteiger partial charge on any atom is 0.261 e. The van der Waals surface area contributed by atoms with Gasteiger partial charge >= 0.3 is 0 Å². The van der Waals surface area contributed by atoms with Gasteiger partial charge in [-0.2, -0.15) is 0 Å². The summed E-state index contributed by atoms with van der Waals surface area (Å²) in [7, 11) is 1.63. The van der Waals surface area contributed by atoms with E-state index < -0.39 is 0 Å². The van der Waals surface area contributed by atoms with Crippen LogP contribution >= 0.6 is 11.3 Å². The first kappa shape index (κ1) is 22.0. The van der Waals surface area contributed by atoms with Crippen molar-refractivity contribution in [1.29, 1.82) is 0 Å². The normalized spacial score (nSPS) is 13.2. The van der Waals surface area contributed by atoms with Crippen LogP contribution in [0.2, 0.25) is 0 Å². The first-order valence-electron chi connectivity index (χ1n) is 11.1. The summed E-state index contributed by atoms with van der Waals surface area (Å²) in [6.45, 7) is 3.26. The maximum absolute atomic E-state index is 12.9. The number of fused-ring (bicyclic) bond motifs is 2. The SMILES string of the molecule is COc1cccc2c1Oc1ncccc1N(c1ccc(C(=O)NC[C@H](C)c3ccccc3)s1)C2. The summed E-state index contributed by atoms with van der Waals surface area (Å²) < 4.78 is 11.7. The molecule has 172 valence electrons. The number of methoxy groups -OCH3 is 1. The molecule has 6 nitrogen and oxygen atoms in total. The second-order valence-electron chi connectivity index (χ2n) is 8.12. The molecule has 1 atom stereocenters. The van der Waals surface area contributed by atoms with Gasteiger partial charge in [-0.3, -0.25) is 4.79 Å². The molecule has 0 spiro atoms. The molecule has 0 saturated heterocycles. The lowest BCUT2D eigenvalue weighted by atomic mass is 10.0. The van der Waals surface area contributed by atoms with Crippen LogP contribution in [0.5, 0.6) is 17.4 Å². The van der Waals surface area contributed by atoms with Crippen molar-refractivity contribution >= 4 is 27.9 Å². The van der Waals surface area contributed by atoms with Crippen molar-refractivity contribution in [1.82, 2.24) is 10.3 Å². The average molecular weight is 472 g/mol. The van der Waals surface area contributed by atoms with E-state index in [-0.39, 0.29) is 11.8 Å². The minimum absolute atomic E-state index is 0.0708. The van der Waals surface area contributed by atoms with E-state index >= 15 is 0 Å². The highest BCUT2D eigenvalue weighted by Gasteiger charge is 2.26. The molecule has 1 amide bonds. The number of para-hydroxylation sites is 1. The van der Waals surface area contributed by atoms with Crippen molar-refractivity contribution in [2.24, 2.45) is 0 Å². The molecule has 3 heterocycles. The molecule has 0 radical (unpaired) electrons. The van der Waals surface area contributed by atoms with Gasteiger partial charge in [-0.15, -0.1) is 11.3 Å². The van der Waals surface area contributed by atoms with E-state index in [4.69, 9.17) is 9.47 Å². The number of thiophene rings is 1. The second kappa shape index (κ2) is 9.57. The number of hydrogen-bond donors (Lipinski definition) is 1. The van der Waals surface area contributed by atoms with Crippen molar-refractivity contribution in [2.75, 3.05) is 18.6 Å². The van der Waals surface area contributed by atoms with Crippen LogP contribution in [-0.4, -0.2) is 24.5 Å². The number of hydrogen-bond acceptors (Lipinski definition) is 6. The predicted octanol–water partition coefficient (Wildman–Crippen LogP) is 6.13. The minimum atomic E-state index is -0.0708. The Morgan fingerprint density at radius 3 is 2.79 bits per heavy atom. The number of nitrogens with zero attached hydrogens (tertiary/aromatic N) is 2. The third kappa shape index (κ3) is 4.34. The Balaban J connectivity index is 1.39. The number of rotatable bonds is 6. The fraction of sp³-hybridized carbons (Fsp3) is 0.185. The fourth-order valence-electron chi connectivity index (χ4n) is 4.00. The maximum atomic E-state index is 12.9. The fourth-order valence-corrected chi connectivity index (χ4v) is 4.94. The van der Waals surface area contributed by atoms with Gasteiger partial charge in [0.25, 0.3) is 5.91 Å². The number of ether oxygens (including phenoxy) is 2. The number of anilines is 2. The topological polar surface area (TPSA) is 63.7 Å². The summed E-state index contributed by atoms with van der Waals surface area (Å²) in [5.41, 5.74) is 3.03. The number of carbonyl (C=O) groups excluding carboxylic acids is 1. The zero-order chi connectivity index (χ0) is 23.5. The molecule has 34 heavy (non-hydrogen) atoms.